The molecule has 1 amide bonds. The molecule has 5 nitrogen and oxygen atoms in total. The average molecular weight is 264 g/mol. The van der Waals surface area contributed by atoms with E-state index in [0.717, 1.165) is 22.7 Å². The fourth-order valence-corrected chi connectivity index (χ4v) is 2.34. The van der Waals surface area contributed by atoms with Gasteiger partial charge < -0.3 is 5.32 Å². The monoisotopic (exact) mass is 264 g/mol. The molecule has 0 bridgehead atoms. The standard InChI is InChI=1S/C12H16N4OS/c1-2-10-8-18-12(16-10)7-13-11(17)4-3-9-5-14-15-6-9/h5-6,8H,2-4,7H2,1H3,(H,13,17)(H,14,15). The van der Waals surface area contributed by atoms with Crippen LogP contribution < -0.4 is 5.32 Å². The number of nitrogens with zero attached hydrogens (tertiary/aromatic N) is 2. The lowest BCUT2D eigenvalue weighted by molar-refractivity contribution is -0.121. The molecule has 0 fully saturated rings. The number of rotatable bonds is 6. The van der Waals surface area contributed by atoms with Gasteiger partial charge in [-0.25, -0.2) is 4.98 Å². The molecule has 0 aliphatic heterocycles. The van der Waals surface area contributed by atoms with Gasteiger partial charge in [0.2, 0.25) is 5.91 Å². The Morgan fingerprint density at radius 1 is 1.56 bits per heavy atom. The molecule has 2 heterocycles. The summed E-state index contributed by atoms with van der Waals surface area (Å²) in [6.07, 6.45) is 5.67. The fraction of sp³-hybridized carbons (Fsp3) is 0.417. The summed E-state index contributed by atoms with van der Waals surface area (Å²) in [5.74, 6) is 0.0458. The Kier molecular flexibility index (Phi) is 4.46. The van der Waals surface area contributed by atoms with Crippen molar-refractivity contribution >= 4 is 17.2 Å². The molecule has 0 saturated carbocycles. The van der Waals surface area contributed by atoms with Gasteiger partial charge in [-0.15, -0.1) is 11.3 Å². The number of aromatic amines is 1. The highest BCUT2D eigenvalue weighted by Gasteiger charge is 2.05. The quantitative estimate of drug-likeness (QED) is 0.834. The first-order valence-electron chi connectivity index (χ1n) is 5.95. The first-order chi connectivity index (χ1) is 8.78. The van der Waals surface area contributed by atoms with Crippen LogP contribution in [-0.4, -0.2) is 21.1 Å². The zero-order chi connectivity index (χ0) is 12.8. The van der Waals surface area contributed by atoms with Gasteiger partial charge in [-0.3, -0.25) is 9.89 Å². The number of hydrogen-bond acceptors (Lipinski definition) is 4. The van der Waals surface area contributed by atoms with Crippen LogP contribution in [0.3, 0.4) is 0 Å². The summed E-state index contributed by atoms with van der Waals surface area (Å²) in [6, 6.07) is 0. The van der Waals surface area contributed by atoms with Crippen molar-refractivity contribution in [1.82, 2.24) is 20.5 Å². The number of carbonyl (C=O) groups excluding carboxylic acids is 1. The van der Waals surface area contributed by atoms with Gasteiger partial charge in [-0.1, -0.05) is 6.92 Å². The molecule has 6 heteroatoms. The predicted molar refractivity (Wildman–Crippen MR) is 70.2 cm³/mol. The minimum absolute atomic E-state index is 0.0458. The number of H-pyrrole nitrogens is 1. The van der Waals surface area contributed by atoms with Crippen molar-refractivity contribution in [1.29, 1.82) is 0 Å². The summed E-state index contributed by atoms with van der Waals surface area (Å²) in [5, 5.41) is 12.4. The first-order valence-corrected chi connectivity index (χ1v) is 6.83. The molecule has 0 aliphatic rings. The second-order valence-corrected chi connectivity index (χ2v) is 4.91. The van der Waals surface area contributed by atoms with Gasteiger partial charge in [0, 0.05) is 18.0 Å². The number of hydrogen-bond donors (Lipinski definition) is 2. The predicted octanol–water partition coefficient (Wildman–Crippen LogP) is 1.68. The molecular formula is C12H16N4OS. The van der Waals surface area contributed by atoms with Crippen LogP contribution in [0.5, 0.6) is 0 Å². The van der Waals surface area contributed by atoms with Crippen LogP contribution in [0.15, 0.2) is 17.8 Å². The van der Waals surface area contributed by atoms with Crippen molar-refractivity contribution in [2.45, 2.75) is 32.7 Å². The van der Waals surface area contributed by atoms with Crippen LogP contribution in [0.4, 0.5) is 0 Å². The van der Waals surface area contributed by atoms with E-state index in [1.807, 2.05) is 11.6 Å². The van der Waals surface area contributed by atoms with E-state index < -0.39 is 0 Å². The van der Waals surface area contributed by atoms with Crippen molar-refractivity contribution in [2.24, 2.45) is 0 Å². The van der Waals surface area contributed by atoms with Crippen LogP contribution in [-0.2, 0) is 24.2 Å². The Morgan fingerprint density at radius 3 is 3.11 bits per heavy atom. The van der Waals surface area contributed by atoms with Gasteiger partial charge in [0.25, 0.3) is 0 Å². The Morgan fingerprint density at radius 2 is 2.44 bits per heavy atom. The molecule has 2 rings (SSSR count). The lowest BCUT2D eigenvalue weighted by Crippen LogP contribution is -2.22. The van der Waals surface area contributed by atoms with Crippen LogP contribution in [0.1, 0.15) is 29.6 Å². The van der Waals surface area contributed by atoms with Crippen LogP contribution in [0, 0.1) is 0 Å². The van der Waals surface area contributed by atoms with Crippen molar-refractivity contribution < 1.29 is 4.79 Å². The number of thiazole rings is 1. The molecule has 0 saturated heterocycles. The number of nitrogens with one attached hydrogen (secondary N) is 2. The van der Waals surface area contributed by atoms with Crippen LogP contribution in [0.2, 0.25) is 0 Å². The number of aromatic nitrogens is 3. The molecule has 2 N–H and O–H groups in total. The van der Waals surface area contributed by atoms with E-state index in [4.69, 9.17) is 0 Å². The summed E-state index contributed by atoms with van der Waals surface area (Å²) in [7, 11) is 0. The lowest BCUT2D eigenvalue weighted by atomic mass is 10.2. The third-order valence-corrected chi connectivity index (χ3v) is 3.49. The Labute approximate surface area is 110 Å². The summed E-state index contributed by atoms with van der Waals surface area (Å²) in [5.41, 5.74) is 2.13. The molecule has 0 radical (unpaired) electrons. The van der Waals surface area contributed by atoms with E-state index in [1.54, 1.807) is 17.5 Å². The maximum Gasteiger partial charge on any atom is 0.220 e. The van der Waals surface area contributed by atoms with Gasteiger partial charge in [0.15, 0.2) is 0 Å². The second-order valence-electron chi connectivity index (χ2n) is 3.97. The van der Waals surface area contributed by atoms with E-state index in [2.05, 4.69) is 27.4 Å². The molecular weight excluding hydrogens is 248 g/mol. The third-order valence-electron chi connectivity index (χ3n) is 2.59. The Bertz CT molecular complexity index is 492. The molecule has 0 spiro atoms. The van der Waals surface area contributed by atoms with E-state index in [9.17, 15) is 4.79 Å². The highest BCUT2D eigenvalue weighted by Crippen LogP contribution is 2.09. The normalized spacial score (nSPS) is 10.5. The summed E-state index contributed by atoms with van der Waals surface area (Å²) < 4.78 is 0. The Hall–Kier alpha value is -1.69. The van der Waals surface area contributed by atoms with Crippen molar-refractivity contribution in [2.75, 3.05) is 0 Å². The number of aryl methyl sites for hydroxylation is 2. The van der Waals surface area contributed by atoms with Crippen molar-refractivity contribution in [3.05, 3.63) is 34.0 Å². The van der Waals surface area contributed by atoms with E-state index in [-0.39, 0.29) is 5.91 Å². The number of amides is 1. The lowest BCUT2D eigenvalue weighted by Gasteiger charge is -2.01. The maximum atomic E-state index is 11.6. The zero-order valence-corrected chi connectivity index (χ0v) is 11.1. The SMILES string of the molecule is CCc1csc(CNC(=O)CCc2cn[nH]c2)n1. The second kappa shape index (κ2) is 6.30. The van der Waals surface area contributed by atoms with Gasteiger partial charge in [-0.2, -0.15) is 5.10 Å². The molecule has 2 aromatic heterocycles. The van der Waals surface area contributed by atoms with Crippen molar-refractivity contribution in [3.63, 3.8) is 0 Å². The molecule has 0 aromatic carbocycles. The van der Waals surface area contributed by atoms with Gasteiger partial charge >= 0.3 is 0 Å². The van der Waals surface area contributed by atoms with Crippen LogP contribution in [0.25, 0.3) is 0 Å². The zero-order valence-electron chi connectivity index (χ0n) is 10.3. The summed E-state index contributed by atoms with van der Waals surface area (Å²) in [4.78, 5) is 16.0. The molecule has 2 aromatic rings. The maximum absolute atomic E-state index is 11.6. The topological polar surface area (TPSA) is 70.7 Å². The largest absolute Gasteiger partial charge is 0.350 e. The summed E-state index contributed by atoms with van der Waals surface area (Å²) >= 11 is 1.59. The van der Waals surface area contributed by atoms with Crippen LogP contribution >= 0.6 is 11.3 Å². The van der Waals surface area contributed by atoms with Gasteiger partial charge in [-0.05, 0) is 18.4 Å². The Balaban J connectivity index is 1.71. The first kappa shape index (κ1) is 12.8. The van der Waals surface area contributed by atoms with E-state index in [0.29, 0.717) is 19.4 Å². The fourth-order valence-electron chi connectivity index (χ4n) is 1.53. The molecule has 0 unspecified atom stereocenters. The minimum atomic E-state index is 0.0458. The average Bonchev–Trinajstić information content (AvgIpc) is 3.04. The molecule has 0 atom stereocenters. The minimum Gasteiger partial charge on any atom is -0.350 e. The summed E-state index contributed by atoms with van der Waals surface area (Å²) in [6.45, 7) is 2.59. The molecule has 18 heavy (non-hydrogen) atoms. The molecule has 0 aliphatic carbocycles. The third kappa shape index (κ3) is 3.66. The van der Waals surface area contributed by atoms with Gasteiger partial charge in [0.1, 0.15) is 5.01 Å². The van der Waals surface area contributed by atoms with Crippen molar-refractivity contribution in [3.8, 4) is 0 Å². The number of carbonyl (C=O) groups is 1. The van der Waals surface area contributed by atoms with E-state index >= 15 is 0 Å². The highest BCUT2D eigenvalue weighted by molar-refractivity contribution is 7.09. The highest BCUT2D eigenvalue weighted by atomic mass is 32.1. The van der Waals surface area contributed by atoms with E-state index in [1.165, 1.54) is 0 Å². The smallest absolute Gasteiger partial charge is 0.220 e. The van der Waals surface area contributed by atoms with Gasteiger partial charge in [0.05, 0.1) is 18.4 Å². The molecule has 96 valence electrons.